The Hall–Kier alpha value is -3.39. The number of nitrogens with one attached hydrogen (secondary N) is 1. The van der Waals surface area contributed by atoms with Gasteiger partial charge in [-0.05, 0) is 42.3 Å². The molecular weight excluding hydrogens is 383 g/mol. The number of pyridine rings is 1. The summed E-state index contributed by atoms with van der Waals surface area (Å²) in [5.41, 5.74) is 1.87. The predicted octanol–water partition coefficient (Wildman–Crippen LogP) is 2.85. The molecule has 0 aliphatic carbocycles. The van der Waals surface area contributed by atoms with Crippen LogP contribution in [0.15, 0.2) is 59.7 Å². The van der Waals surface area contributed by atoms with Gasteiger partial charge in [-0.2, -0.15) is 5.10 Å². The molecule has 1 fully saturated rings. The molecule has 2 atom stereocenters. The van der Waals surface area contributed by atoms with Gasteiger partial charge in [0.1, 0.15) is 11.6 Å². The summed E-state index contributed by atoms with van der Waals surface area (Å²) in [5.74, 6) is 1.26. The van der Waals surface area contributed by atoms with Crippen LogP contribution in [-0.4, -0.2) is 42.6 Å². The second kappa shape index (κ2) is 7.46. The summed E-state index contributed by atoms with van der Waals surface area (Å²) in [6.07, 6.45) is 3.30. The number of rotatable bonds is 4. The summed E-state index contributed by atoms with van der Waals surface area (Å²) < 4.78 is 14.9. The Bertz CT molecular complexity index is 1230. The average Bonchev–Trinajstić information content (AvgIpc) is 3.33. The highest BCUT2D eigenvalue weighted by molar-refractivity contribution is 5.60. The number of hydrogen-bond acceptors (Lipinski definition) is 5. The molecule has 1 aliphatic heterocycles. The van der Waals surface area contributed by atoms with Gasteiger partial charge in [0.25, 0.3) is 5.56 Å². The minimum absolute atomic E-state index is 0.0919. The molecule has 0 saturated carbocycles. The van der Waals surface area contributed by atoms with Crippen LogP contribution in [0.3, 0.4) is 0 Å². The van der Waals surface area contributed by atoms with Crippen molar-refractivity contribution in [2.75, 3.05) is 13.1 Å². The fourth-order valence-electron chi connectivity index (χ4n) is 4.15. The van der Waals surface area contributed by atoms with E-state index in [2.05, 4.69) is 26.8 Å². The van der Waals surface area contributed by atoms with Gasteiger partial charge in [-0.25, -0.2) is 13.9 Å². The van der Waals surface area contributed by atoms with E-state index in [-0.39, 0.29) is 17.3 Å². The predicted molar refractivity (Wildman–Crippen MR) is 110 cm³/mol. The molecule has 2 unspecified atom stereocenters. The number of aromatic nitrogens is 5. The van der Waals surface area contributed by atoms with E-state index < -0.39 is 0 Å². The van der Waals surface area contributed by atoms with Crippen LogP contribution in [0.25, 0.3) is 16.9 Å². The molecular formula is C22H21FN6O. The van der Waals surface area contributed by atoms with E-state index in [0.29, 0.717) is 28.6 Å². The van der Waals surface area contributed by atoms with Crippen molar-refractivity contribution in [2.45, 2.75) is 19.4 Å². The van der Waals surface area contributed by atoms with E-state index in [1.165, 1.54) is 18.3 Å². The first-order valence-electron chi connectivity index (χ1n) is 9.94. The maximum atomic E-state index is 13.3. The first-order valence-corrected chi connectivity index (χ1v) is 9.94. The molecule has 152 valence electrons. The lowest BCUT2D eigenvalue weighted by molar-refractivity contribution is 0.314. The van der Waals surface area contributed by atoms with E-state index >= 15 is 0 Å². The lowest BCUT2D eigenvalue weighted by atomic mass is 9.97. The average molecular weight is 404 g/mol. The summed E-state index contributed by atoms with van der Waals surface area (Å²) in [6, 6.07) is 11.9. The lowest BCUT2D eigenvalue weighted by Gasteiger charge is -2.15. The maximum absolute atomic E-state index is 13.3. The van der Waals surface area contributed by atoms with E-state index in [1.807, 2.05) is 18.2 Å². The molecule has 1 saturated heterocycles. The van der Waals surface area contributed by atoms with Crippen molar-refractivity contribution in [1.29, 1.82) is 0 Å². The van der Waals surface area contributed by atoms with Crippen LogP contribution < -0.4 is 5.56 Å². The molecule has 0 bridgehead atoms. The Kier molecular flexibility index (Phi) is 4.63. The monoisotopic (exact) mass is 404 g/mol. The number of fused-ring (bicyclic) bond motifs is 1. The molecule has 30 heavy (non-hydrogen) atoms. The zero-order chi connectivity index (χ0) is 20.7. The van der Waals surface area contributed by atoms with Crippen molar-refractivity contribution in [3.05, 3.63) is 82.5 Å². The van der Waals surface area contributed by atoms with Crippen LogP contribution in [0.4, 0.5) is 4.39 Å². The van der Waals surface area contributed by atoms with Crippen LogP contribution in [0, 0.1) is 11.7 Å². The smallest absolute Gasteiger partial charge is 0.276 e. The zero-order valence-corrected chi connectivity index (χ0v) is 16.5. The van der Waals surface area contributed by atoms with Crippen molar-refractivity contribution >= 4 is 5.52 Å². The Morgan fingerprint density at radius 3 is 2.73 bits per heavy atom. The number of aromatic amines is 1. The molecule has 0 amide bonds. The zero-order valence-electron chi connectivity index (χ0n) is 16.5. The number of likely N-dealkylation sites (tertiary alicyclic amines) is 1. The Morgan fingerprint density at radius 2 is 1.97 bits per heavy atom. The summed E-state index contributed by atoms with van der Waals surface area (Å²) >= 11 is 0. The van der Waals surface area contributed by atoms with Gasteiger partial charge in [-0.3, -0.25) is 14.7 Å². The summed E-state index contributed by atoms with van der Waals surface area (Å²) in [7, 11) is 0. The van der Waals surface area contributed by atoms with Gasteiger partial charge < -0.3 is 4.98 Å². The highest BCUT2D eigenvalue weighted by atomic mass is 19.1. The SMILES string of the molecule is CC1CN(Cc2ccccn2)CC1c1nn2c(-c3ccc(F)cc3)ncc2c(=O)[nH]1. The lowest BCUT2D eigenvalue weighted by Crippen LogP contribution is -2.23. The van der Waals surface area contributed by atoms with Crippen molar-refractivity contribution in [3.8, 4) is 11.4 Å². The van der Waals surface area contributed by atoms with Crippen LogP contribution in [0.5, 0.6) is 0 Å². The van der Waals surface area contributed by atoms with Crippen molar-refractivity contribution in [2.24, 2.45) is 5.92 Å². The van der Waals surface area contributed by atoms with Gasteiger partial charge in [0, 0.05) is 37.3 Å². The van der Waals surface area contributed by atoms with Gasteiger partial charge in [0.05, 0.1) is 11.9 Å². The van der Waals surface area contributed by atoms with Gasteiger partial charge in [0.15, 0.2) is 11.3 Å². The van der Waals surface area contributed by atoms with Crippen LogP contribution in [0.1, 0.15) is 24.4 Å². The summed E-state index contributed by atoms with van der Waals surface area (Å²) in [4.78, 5) is 26.7. The van der Waals surface area contributed by atoms with Crippen molar-refractivity contribution < 1.29 is 4.39 Å². The molecule has 0 radical (unpaired) electrons. The quantitative estimate of drug-likeness (QED) is 0.566. The van der Waals surface area contributed by atoms with E-state index in [1.54, 1.807) is 22.8 Å². The second-order valence-corrected chi connectivity index (χ2v) is 7.82. The third-order valence-corrected chi connectivity index (χ3v) is 5.67. The fourth-order valence-corrected chi connectivity index (χ4v) is 4.15. The molecule has 3 aromatic heterocycles. The Morgan fingerprint density at radius 1 is 1.13 bits per heavy atom. The topological polar surface area (TPSA) is 79.2 Å². The van der Waals surface area contributed by atoms with Gasteiger partial charge in [-0.15, -0.1) is 0 Å². The minimum Gasteiger partial charge on any atom is -0.307 e. The molecule has 1 N–H and O–H groups in total. The molecule has 7 nitrogen and oxygen atoms in total. The van der Waals surface area contributed by atoms with Gasteiger partial charge >= 0.3 is 0 Å². The highest BCUT2D eigenvalue weighted by Crippen LogP contribution is 2.31. The molecule has 8 heteroatoms. The summed E-state index contributed by atoms with van der Waals surface area (Å²) in [6.45, 7) is 4.62. The molecule has 5 rings (SSSR count). The number of nitrogens with zero attached hydrogens (tertiary/aromatic N) is 5. The number of benzene rings is 1. The van der Waals surface area contributed by atoms with E-state index in [9.17, 15) is 9.18 Å². The van der Waals surface area contributed by atoms with Crippen LogP contribution in [0.2, 0.25) is 0 Å². The first kappa shape index (κ1) is 18.6. The van der Waals surface area contributed by atoms with Gasteiger partial charge in [0.2, 0.25) is 0 Å². The largest absolute Gasteiger partial charge is 0.307 e. The fraction of sp³-hybridized carbons (Fsp3) is 0.273. The van der Waals surface area contributed by atoms with E-state index in [4.69, 9.17) is 5.10 Å². The van der Waals surface area contributed by atoms with Gasteiger partial charge in [-0.1, -0.05) is 13.0 Å². The number of H-pyrrole nitrogens is 1. The second-order valence-electron chi connectivity index (χ2n) is 7.82. The maximum Gasteiger partial charge on any atom is 0.276 e. The summed E-state index contributed by atoms with van der Waals surface area (Å²) in [5, 5.41) is 4.73. The third kappa shape index (κ3) is 3.39. The molecule has 4 heterocycles. The molecule has 4 aromatic rings. The van der Waals surface area contributed by atoms with Crippen LogP contribution in [-0.2, 0) is 6.54 Å². The number of halogens is 1. The third-order valence-electron chi connectivity index (χ3n) is 5.67. The number of imidazole rings is 1. The van der Waals surface area contributed by atoms with Crippen molar-refractivity contribution in [3.63, 3.8) is 0 Å². The Balaban J connectivity index is 1.48. The minimum atomic E-state index is -0.320. The molecule has 1 aromatic carbocycles. The van der Waals surface area contributed by atoms with Crippen molar-refractivity contribution in [1.82, 2.24) is 29.5 Å². The normalized spacial score (nSPS) is 19.5. The number of hydrogen-bond donors (Lipinski definition) is 1. The standard InChI is InChI=1S/C22H21FN6O/c1-14-11-28(12-17-4-2-3-9-24-17)13-18(14)20-26-22(30)19-10-25-21(29(19)27-20)15-5-7-16(23)8-6-15/h2-10,14,18H,11-13H2,1H3,(H,26,27,30). The highest BCUT2D eigenvalue weighted by Gasteiger charge is 2.33. The van der Waals surface area contributed by atoms with E-state index in [0.717, 1.165) is 25.3 Å². The molecule has 1 aliphatic rings. The first-order chi connectivity index (χ1) is 14.6. The Labute approximate surface area is 172 Å². The molecule has 0 spiro atoms. The van der Waals surface area contributed by atoms with Crippen LogP contribution >= 0.6 is 0 Å².